The van der Waals surface area contributed by atoms with Crippen molar-refractivity contribution in [3.8, 4) is 0 Å². The Morgan fingerprint density at radius 3 is 2.70 bits per heavy atom. The molecule has 1 heterocycles. The van der Waals surface area contributed by atoms with Crippen LogP contribution in [0.2, 0.25) is 0 Å². The predicted octanol–water partition coefficient (Wildman–Crippen LogP) is 2.01. The van der Waals surface area contributed by atoms with Crippen molar-refractivity contribution < 1.29 is 4.79 Å². The van der Waals surface area contributed by atoms with Gasteiger partial charge < -0.3 is 10.6 Å². The number of carbonyl (C=O) groups is 1. The first-order chi connectivity index (χ1) is 9.70. The monoisotopic (exact) mass is 275 g/mol. The van der Waals surface area contributed by atoms with E-state index in [9.17, 15) is 4.79 Å². The molecule has 2 N–H and O–H groups in total. The van der Waals surface area contributed by atoms with Crippen LogP contribution in [-0.2, 0) is 4.79 Å². The van der Waals surface area contributed by atoms with Gasteiger partial charge in [-0.15, -0.1) is 0 Å². The van der Waals surface area contributed by atoms with E-state index in [0.29, 0.717) is 12.6 Å². The molecule has 1 aromatic carbocycles. The molecule has 0 saturated carbocycles. The number of rotatable bonds is 5. The van der Waals surface area contributed by atoms with Crippen LogP contribution in [0.1, 0.15) is 25.3 Å². The van der Waals surface area contributed by atoms with Crippen LogP contribution in [-0.4, -0.2) is 43.0 Å². The maximum absolute atomic E-state index is 12.2. The van der Waals surface area contributed by atoms with Crippen LogP contribution >= 0.6 is 0 Å². The number of carbonyl (C=O) groups excluding carboxylic acids is 1. The highest BCUT2D eigenvalue weighted by atomic mass is 16.2. The average molecular weight is 275 g/mol. The van der Waals surface area contributed by atoms with Crippen LogP contribution in [0.25, 0.3) is 0 Å². The molecular formula is C16H25N3O. The molecule has 110 valence electrons. The number of hydrogen-bond donors (Lipinski definition) is 2. The molecule has 1 aromatic rings. The van der Waals surface area contributed by atoms with E-state index >= 15 is 0 Å². The lowest BCUT2D eigenvalue weighted by atomic mass is 10.0. The fourth-order valence-corrected chi connectivity index (χ4v) is 2.76. The fourth-order valence-electron chi connectivity index (χ4n) is 2.76. The normalized spacial score (nSPS) is 16.4. The number of aryl methyl sites for hydroxylation is 1. The number of para-hydroxylation sites is 1. The minimum Gasteiger partial charge on any atom is -0.325 e. The van der Waals surface area contributed by atoms with Crippen LogP contribution in [0.15, 0.2) is 24.3 Å². The highest BCUT2D eigenvalue weighted by Crippen LogP contribution is 2.14. The van der Waals surface area contributed by atoms with Gasteiger partial charge in [-0.3, -0.25) is 9.69 Å². The lowest BCUT2D eigenvalue weighted by Gasteiger charge is -2.33. The summed E-state index contributed by atoms with van der Waals surface area (Å²) in [4.78, 5) is 14.5. The van der Waals surface area contributed by atoms with Crippen LogP contribution in [0.3, 0.4) is 0 Å². The number of nitrogens with zero attached hydrogens (tertiary/aromatic N) is 1. The van der Waals surface area contributed by atoms with E-state index in [4.69, 9.17) is 0 Å². The molecule has 0 aliphatic carbocycles. The summed E-state index contributed by atoms with van der Waals surface area (Å²) in [6.07, 6.45) is 2.26. The summed E-state index contributed by atoms with van der Waals surface area (Å²) in [5.41, 5.74) is 2.02. The number of hydrogen-bond acceptors (Lipinski definition) is 3. The van der Waals surface area contributed by atoms with Gasteiger partial charge in [0.1, 0.15) is 0 Å². The summed E-state index contributed by atoms with van der Waals surface area (Å²) in [7, 11) is 0. The third kappa shape index (κ3) is 4.05. The molecule has 0 unspecified atom stereocenters. The summed E-state index contributed by atoms with van der Waals surface area (Å²) in [5.74, 6) is 0.0830. The third-order valence-corrected chi connectivity index (χ3v) is 4.00. The summed E-state index contributed by atoms with van der Waals surface area (Å²) < 4.78 is 0. The van der Waals surface area contributed by atoms with E-state index in [1.807, 2.05) is 31.2 Å². The van der Waals surface area contributed by atoms with Crippen molar-refractivity contribution in [3.63, 3.8) is 0 Å². The molecule has 2 rings (SSSR count). The van der Waals surface area contributed by atoms with E-state index in [1.165, 1.54) is 0 Å². The first-order valence-electron chi connectivity index (χ1n) is 7.51. The largest absolute Gasteiger partial charge is 0.325 e. The van der Waals surface area contributed by atoms with Gasteiger partial charge >= 0.3 is 0 Å². The van der Waals surface area contributed by atoms with Gasteiger partial charge in [0.2, 0.25) is 5.91 Å². The van der Waals surface area contributed by atoms with E-state index in [2.05, 4.69) is 22.5 Å². The summed E-state index contributed by atoms with van der Waals surface area (Å²) in [5, 5.41) is 6.38. The van der Waals surface area contributed by atoms with Crippen LogP contribution in [0.4, 0.5) is 5.69 Å². The maximum atomic E-state index is 12.2. The Morgan fingerprint density at radius 2 is 2.05 bits per heavy atom. The number of nitrogens with one attached hydrogen (secondary N) is 2. The second-order valence-electron chi connectivity index (χ2n) is 5.41. The Bertz CT molecular complexity index is 441. The molecule has 0 aromatic heterocycles. The molecule has 1 saturated heterocycles. The summed E-state index contributed by atoms with van der Waals surface area (Å²) >= 11 is 0. The maximum Gasteiger partial charge on any atom is 0.238 e. The highest BCUT2D eigenvalue weighted by Gasteiger charge is 2.21. The molecule has 0 atom stereocenters. The highest BCUT2D eigenvalue weighted by molar-refractivity contribution is 5.92. The molecule has 1 aliphatic rings. The number of piperidine rings is 1. The Kier molecular flexibility index (Phi) is 5.56. The van der Waals surface area contributed by atoms with Crippen LogP contribution < -0.4 is 10.6 Å². The Labute approximate surface area is 121 Å². The third-order valence-electron chi connectivity index (χ3n) is 4.00. The number of likely N-dealkylation sites (N-methyl/N-ethyl adjacent to an activating group) is 1. The summed E-state index contributed by atoms with van der Waals surface area (Å²) in [6.45, 7) is 7.66. The Hall–Kier alpha value is -1.39. The van der Waals surface area contributed by atoms with Gasteiger partial charge in [-0.05, 0) is 51.0 Å². The van der Waals surface area contributed by atoms with Crippen molar-refractivity contribution >= 4 is 11.6 Å². The molecular weight excluding hydrogens is 250 g/mol. The number of amides is 1. The van der Waals surface area contributed by atoms with E-state index in [1.54, 1.807) is 0 Å². The Balaban J connectivity index is 1.90. The molecule has 1 fully saturated rings. The minimum absolute atomic E-state index is 0.0830. The molecule has 4 heteroatoms. The Morgan fingerprint density at radius 1 is 1.35 bits per heavy atom. The van der Waals surface area contributed by atoms with Crippen molar-refractivity contribution in [2.24, 2.45) is 0 Å². The molecule has 1 aliphatic heterocycles. The van der Waals surface area contributed by atoms with Gasteiger partial charge in [-0.25, -0.2) is 0 Å². The number of benzene rings is 1. The zero-order valence-corrected chi connectivity index (χ0v) is 12.5. The first-order valence-corrected chi connectivity index (χ1v) is 7.51. The summed E-state index contributed by atoms with van der Waals surface area (Å²) in [6, 6.07) is 8.43. The van der Waals surface area contributed by atoms with Gasteiger partial charge in [0.25, 0.3) is 0 Å². The van der Waals surface area contributed by atoms with Crippen LogP contribution in [0, 0.1) is 6.92 Å². The van der Waals surface area contributed by atoms with Gasteiger partial charge in [0.15, 0.2) is 0 Å². The van der Waals surface area contributed by atoms with Gasteiger partial charge in [-0.2, -0.15) is 0 Å². The molecule has 20 heavy (non-hydrogen) atoms. The fraction of sp³-hybridized carbons (Fsp3) is 0.562. The molecule has 1 amide bonds. The van der Waals surface area contributed by atoms with Gasteiger partial charge in [0.05, 0.1) is 6.54 Å². The number of anilines is 1. The topological polar surface area (TPSA) is 44.4 Å². The average Bonchev–Trinajstić information content (AvgIpc) is 2.48. The SMILES string of the molecule is CCN(CC(=O)Nc1ccccc1C)C1CCNCC1. The first kappa shape index (κ1) is 15.0. The molecule has 0 spiro atoms. The zero-order chi connectivity index (χ0) is 14.4. The van der Waals surface area contributed by atoms with Crippen molar-refractivity contribution in [1.29, 1.82) is 0 Å². The quantitative estimate of drug-likeness (QED) is 0.864. The van der Waals surface area contributed by atoms with Gasteiger partial charge in [-0.1, -0.05) is 25.1 Å². The molecule has 0 radical (unpaired) electrons. The second-order valence-corrected chi connectivity index (χ2v) is 5.41. The van der Waals surface area contributed by atoms with Crippen molar-refractivity contribution in [1.82, 2.24) is 10.2 Å². The van der Waals surface area contributed by atoms with Crippen molar-refractivity contribution in [2.45, 2.75) is 32.7 Å². The predicted molar refractivity (Wildman–Crippen MR) is 82.9 cm³/mol. The second kappa shape index (κ2) is 7.41. The smallest absolute Gasteiger partial charge is 0.238 e. The van der Waals surface area contributed by atoms with Gasteiger partial charge in [0, 0.05) is 11.7 Å². The van der Waals surface area contributed by atoms with E-state index in [0.717, 1.165) is 43.7 Å². The van der Waals surface area contributed by atoms with E-state index in [-0.39, 0.29) is 5.91 Å². The lowest BCUT2D eigenvalue weighted by molar-refractivity contribution is -0.118. The molecule has 0 bridgehead atoms. The van der Waals surface area contributed by atoms with E-state index < -0.39 is 0 Å². The lowest BCUT2D eigenvalue weighted by Crippen LogP contribution is -2.46. The zero-order valence-electron chi connectivity index (χ0n) is 12.5. The minimum atomic E-state index is 0.0830. The van der Waals surface area contributed by atoms with Crippen LogP contribution in [0.5, 0.6) is 0 Å². The standard InChI is InChI=1S/C16H25N3O/c1-3-19(14-8-10-17-11-9-14)12-16(20)18-15-7-5-4-6-13(15)2/h4-7,14,17H,3,8-12H2,1-2H3,(H,18,20). The van der Waals surface area contributed by atoms with Crippen molar-refractivity contribution in [2.75, 3.05) is 31.5 Å². The molecule has 4 nitrogen and oxygen atoms in total. The van der Waals surface area contributed by atoms with Crippen molar-refractivity contribution in [3.05, 3.63) is 29.8 Å².